The molecule has 2 heterocycles. The number of imidazole rings is 1. The molecule has 5 nitrogen and oxygen atoms in total. The van der Waals surface area contributed by atoms with E-state index in [1.807, 2.05) is 0 Å². The highest BCUT2D eigenvalue weighted by Crippen LogP contribution is 2.34. The molecule has 108 valence electrons. The summed E-state index contributed by atoms with van der Waals surface area (Å²) in [4.78, 5) is 8.59. The summed E-state index contributed by atoms with van der Waals surface area (Å²) in [6.45, 7) is 0. The molecule has 0 fully saturated rings. The quantitative estimate of drug-likeness (QED) is 0.765. The van der Waals surface area contributed by atoms with Crippen molar-refractivity contribution in [3.63, 3.8) is 0 Å². The van der Waals surface area contributed by atoms with Gasteiger partial charge in [-0.1, -0.05) is 23.2 Å². The molecule has 8 heteroatoms. The van der Waals surface area contributed by atoms with Crippen LogP contribution in [0.25, 0.3) is 5.65 Å². The van der Waals surface area contributed by atoms with Crippen LogP contribution in [0, 0.1) is 5.82 Å². The topological polar surface area (TPSA) is 54.2 Å². The van der Waals surface area contributed by atoms with Gasteiger partial charge >= 0.3 is 0 Å². The van der Waals surface area contributed by atoms with E-state index in [1.165, 1.54) is 12.1 Å². The first-order valence-corrected chi connectivity index (χ1v) is 6.77. The minimum absolute atomic E-state index is 0.168. The highest BCUT2D eigenvalue weighted by atomic mass is 35.5. The van der Waals surface area contributed by atoms with Crippen LogP contribution < -0.4 is 10.6 Å². The Kier molecular flexibility index (Phi) is 3.57. The lowest BCUT2D eigenvalue weighted by Gasteiger charge is -2.12. The molecular formula is C13H10Cl2FN5. The van der Waals surface area contributed by atoms with Gasteiger partial charge in [0.05, 0.1) is 21.9 Å². The summed E-state index contributed by atoms with van der Waals surface area (Å²) >= 11 is 12.1. The number of hydrogen-bond donors (Lipinski definition) is 2. The Balaban J connectivity index is 2.11. The van der Waals surface area contributed by atoms with E-state index >= 15 is 0 Å². The first-order chi connectivity index (χ1) is 10.1. The van der Waals surface area contributed by atoms with Gasteiger partial charge in [-0.05, 0) is 12.1 Å². The number of rotatable bonds is 3. The van der Waals surface area contributed by atoms with Crippen LogP contribution in [0.15, 0.2) is 30.7 Å². The molecule has 0 aliphatic rings. The molecule has 21 heavy (non-hydrogen) atoms. The van der Waals surface area contributed by atoms with Crippen molar-refractivity contribution in [2.24, 2.45) is 0 Å². The van der Waals surface area contributed by atoms with Crippen molar-refractivity contribution in [2.75, 3.05) is 17.7 Å². The number of fused-ring (bicyclic) bond motifs is 1. The summed E-state index contributed by atoms with van der Waals surface area (Å²) in [6.07, 6.45) is 5.23. The van der Waals surface area contributed by atoms with Crippen molar-refractivity contribution in [1.29, 1.82) is 0 Å². The molecule has 0 unspecified atom stereocenters. The smallest absolute Gasteiger partial charge is 0.180 e. The maximum Gasteiger partial charge on any atom is 0.180 e. The molecule has 0 bridgehead atoms. The van der Waals surface area contributed by atoms with Gasteiger partial charge < -0.3 is 15.0 Å². The average Bonchev–Trinajstić information content (AvgIpc) is 2.90. The van der Waals surface area contributed by atoms with Crippen LogP contribution in [0.4, 0.5) is 21.7 Å². The van der Waals surface area contributed by atoms with Crippen LogP contribution in [0.2, 0.25) is 10.0 Å². The molecule has 0 radical (unpaired) electrons. The summed E-state index contributed by atoms with van der Waals surface area (Å²) in [5.74, 6) is 0.595. The highest BCUT2D eigenvalue weighted by molar-refractivity contribution is 6.39. The van der Waals surface area contributed by atoms with Crippen LogP contribution in [0.5, 0.6) is 0 Å². The summed E-state index contributed by atoms with van der Waals surface area (Å²) in [5.41, 5.74) is 0.982. The lowest BCUT2D eigenvalue weighted by molar-refractivity contribution is 0.628. The van der Waals surface area contributed by atoms with Gasteiger partial charge in [-0.2, -0.15) is 0 Å². The highest BCUT2D eigenvalue weighted by Gasteiger charge is 2.13. The minimum atomic E-state index is -0.501. The largest absolute Gasteiger partial charge is 0.372 e. The van der Waals surface area contributed by atoms with E-state index in [0.717, 1.165) is 0 Å². The van der Waals surface area contributed by atoms with E-state index in [-0.39, 0.29) is 10.0 Å². The zero-order valence-electron chi connectivity index (χ0n) is 10.9. The molecule has 3 rings (SSSR count). The van der Waals surface area contributed by atoms with Crippen LogP contribution in [0.1, 0.15) is 0 Å². The molecule has 0 saturated heterocycles. The fourth-order valence-corrected chi connectivity index (χ4v) is 2.47. The summed E-state index contributed by atoms with van der Waals surface area (Å²) in [5, 5.41) is 6.29. The zero-order chi connectivity index (χ0) is 15.0. The first kappa shape index (κ1) is 13.9. The van der Waals surface area contributed by atoms with Gasteiger partial charge in [-0.15, -0.1) is 0 Å². The molecular weight excluding hydrogens is 316 g/mol. The fraction of sp³-hybridized carbons (Fsp3) is 0.0769. The maximum absolute atomic E-state index is 13.2. The second kappa shape index (κ2) is 5.38. The predicted octanol–water partition coefficient (Wildman–Crippen LogP) is 3.96. The van der Waals surface area contributed by atoms with Crippen molar-refractivity contribution in [3.8, 4) is 0 Å². The Morgan fingerprint density at radius 2 is 1.95 bits per heavy atom. The second-order valence-corrected chi connectivity index (χ2v) is 5.07. The van der Waals surface area contributed by atoms with Gasteiger partial charge in [0, 0.05) is 19.4 Å². The average molecular weight is 326 g/mol. The number of nitrogens with one attached hydrogen (secondary N) is 2. The van der Waals surface area contributed by atoms with E-state index in [2.05, 4.69) is 20.6 Å². The van der Waals surface area contributed by atoms with Gasteiger partial charge in [0.25, 0.3) is 0 Å². The van der Waals surface area contributed by atoms with E-state index in [9.17, 15) is 4.39 Å². The Bertz CT molecular complexity index is 794. The maximum atomic E-state index is 13.2. The second-order valence-electron chi connectivity index (χ2n) is 4.25. The number of halogens is 3. The Morgan fingerprint density at radius 1 is 1.24 bits per heavy atom. The number of aromatic nitrogens is 3. The molecule has 0 aliphatic heterocycles. The predicted molar refractivity (Wildman–Crippen MR) is 82.2 cm³/mol. The third-order valence-electron chi connectivity index (χ3n) is 2.88. The van der Waals surface area contributed by atoms with E-state index in [1.54, 1.807) is 30.0 Å². The monoisotopic (exact) mass is 325 g/mol. The molecule has 0 spiro atoms. The summed E-state index contributed by atoms with van der Waals surface area (Å²) in [7, 11) is 1.76. The van der Waals surface area contributed by atoms with Crippen LogP contribution in [-0.4, -0.2) is 21.4 Å². The number of anilines is 3. The van der Waals surface area contributed by atoms with Gasteiger partial charge in [-0.25, -0.2) is 14.4 Å². The molecule has 0 atom stereocenters. The molecule has 0 saturated carbocycles. The summed E-state index contributed by atoms with van der Waals surface area (Å²) < 4.78 is 15.0. The Hall–Kier alpha value is -2.05. The molecule has 1 aromatic carbocycles. The first-order valence-electron chi connectivity index (χ1n) is 6.01. The summed E-state index contributed by atoms with van der Waals surface area (Å²) in [6, 6.07) is 2.36. The van der Waals surface area contributed by atoms with E-state index in [0.29, 0.717) is 23.0 Å². The number of hydrogen-bond acceptors (Lipinski definition) is 4. The van der Waals surface area contributed by atoms with Gasteiger partial charge in [-0.3, -0.25) is 0 Å². The molecule has 3 aromatic rings. The van der Waals surface area contributed by atoms with Crippen molar-refractivity contribution < 1.29 is 4.39 Å². The van der Waals surface area contributed by atoms with E-state index < -0.39 is 5.82 Å². The third-order valence-corrected chi connectivity index (χ3v) is 3.48. The Labute approximate surface area is 129 Å². The number of benzene rings is 1. The van der Waals surface area contributed by atoms with Gasteiger partial charge in [0.1, 0.15) is 11.6 Å². The number of nitrogens with zero attached hydrogens (tertiary/aromatic N) is 3. The molecule has 2 aromatic heterocycles. The van der Waals surface area contributed by atoms with Gasteiger partial charge in [0.2, 0.25) is 0 Å². The normalized spacial score (nSPS) is 10.9. The standard InChI is InChI=1S/C13H10Cl2FN5/c1-17-10-6-21-3-2-18-13(21)12(19-10)20-11-8(14)4-7(16)5-9(11)15/h2-6,17H,1H3,(H,19,20). The van der Waals surface area contributed by atoms with Crippen molar-refractivity contribution >= 4 is 46.2 Å². The van der Waals surface area contributed by atoms with Crippen LogP contribution >= 0.6 is 23.2 Å². The van der Waals surface area contributed by atoms with Gasteiger partial charge in [0.15, 0.2) is 11.5 Å². The van der Waals surface area contributed by atoms with Crippen molar-refractivity contribution in [1.82, 2.24) is 14.4 Å². The third kappa shape index (κ3) is 2.59. The molecule has 0 aliphatic carbocycles. The minimum Gasteiger partial charge on any atom is -0.372 e. The lowest BCUT2D eigenvalue weighted by atomic mass is 10.3. The lowest BCUT2D eigenvalue weighted by Crippen LogP contribution is -2.03. The fourth-order valence-electron chi connectivity index (χ4n) is 1.92. The van der Waals surface area contributed by atoms with Crippen molar-refractivity contribution in [3.05, 3.63) is 46.6 Å². The van der Waals surface area contributed by atoms with E-state index in [4.69, 9.17) is 23.2 Å². The molecule has 2 N–H and O–H groups in total. The Morgan fingerprint density at radius 3 is 2.62 bits per heavy atom. The van der Waals surface area contributed by atoms with Crippen LogP contribution in [0.3, 0.4) is 0 Å². The van der Waals surface area contributed by atoms with Crippen molar-refractivity contribution in [2.45, 2.75) is 0 Å². The SMILES string of the molecule is CNc1cn2ccnc2c(Nc2c(Cl)cc(F)cc2Cl)n1. The molecule has 0 amide bonds. The zero-order valence-corrected chi connectivity index (χ0v) is 12.4. The van der Waals surface area contributed by atoms with Crippen LogP contribution in [-0.2, 0) is 0 Å².